The number of anilines is 1. The number of hydrogen-bond donors (Lipinski definition) is 1. The van der Waals surface area contributed by atoms with Crippen LogP contribution in [0.3, 0.4) is 0 Å². The van der Waals surface area contributed by atoms with Gasteiger partial charge in [0.2, 0.25) is 0 Å². The van der Waals surface area contributed by atoms with E-state index in [-0.39, 0.29) is 23.0 Å². The second-order valence-electron chi connectivity index (χ2n) is 4.88. The van der Waals surface area contributed by atoms with Crippen LogP contribution in [-0.2, 0) is 0 Å². The molecule has 1 aromatic carbocycles. The molecule has 2 aromatic rings. The van der Waals surface area contributed by atoms with Crippen LogP contribution in [0.4, 0.5) is 11.4 Å². The fraction of sp³-hybridized carbons (Fsp3) is 0.214. The molecule has 1 aliphatic carbocycles. The molecule has 0 amide bonds. The van der Waals surface area contributed by atoms with Gasteiger partial charge in [-0.05, 0) is 42.7 Å². The normalized spacial score (nSPS) is 14.2. The molecule has 0 unspecified atom stereocenters. The lowest BCUT2D eigenvalue weighted by molar-refractivity contribution is -0.384. The lowest BCUT2D eigenvalue weighted by Gasteiger charge is -2.12. The van der Waals surface area contributed by atoms with Crippen LogP contribution in [0.5, 0.6) is 0 Å². The molecule has 1 fully saturated rings. The van der Waals surface area contributed by atoms with Gasteiger partial charge in [-0.3, -0.25) is 14.9 Å². The first-order valence-electron chi connectivity index (χ1n) is 6.34. The first kappa shape index (κ1) is 12.4. The van der Waals surface area contributed by atoms with E-state index in [0.29, 0.717) is 0 Å². The third-order valence-corrected chi connectivity index (χ3v) is 3.43. The summed E-state index contributed by atoms with van der Waals surface area (Å²) in [6, 6.07) is 9.75. The number of aromatic nitrogens is 1. The molecule has 6 heteroatoms. The molecule has 0 atom stereocenters. The van der Waals surface area contributed by atoms with Gasteiger partial charge in [0.1, 0.15) is 0 Å². The van der Waals surface area contributed by atoms with E-state index in [2.05, 4.69) is 0 Å². The standard InChI is InChI=1S/C14H13N3O3/c15-12-7-8-13(16(14(12)18)10-5-6-10)9-1-3-11(4-2-9)17(19)20/h1-4,7-8,10H,5-6,15H2. The van der Waals surface area contributed by atoms with Crippen molar-refractivity contribution in [2.24, 2.45) is 0 Å². The van der Waals surface area contributed by atoms with Gasteiger partial charge in [-0.2, -0.15) is 0 Å². The van der Waals surface area contributed by atoms with Crippen LogP contribution >= 0.6 is 0 Å². The number of nitrogens with zero attached hydrogens (tertiary/aromatic N) is 2. The lowest BCUT2D eigenvalue weighted by atomic mass is 10.1. The molecule has 1 aliphatic rings. The number of nitro benzene ring substituents is 1. The highest BCUT2D eigenvalue weighted by molar-refractivity contribution is 5.63. The van der Waals surface area contributed by atoms with Crippen molar-refractivity contribution < 1.29 is 4.92 Å². The highest BCUT2D eigenvalue weighted by Crippen LogP contribution is 2.37. The number of benzene rings is 1. The number of rotatable bonds is 3. The average Bonchev–Trinajstić information content (AvgIpc) is 3.26. The molecule has 3 rings (SSSR count). The third-order valence-electron chi connectivity index (χ3n) is 3.43. The van der Waals surface area contributed by atoms with Crippen molar-refractivity contribution in [3.63, 3.8) is 0 Å². The Morgan fingerprint density at radius 3 is 2.35 bits per heavy atom. The van der Waals surface area contributed by atoms with Gasteiger partial charge in [0, 0.05) is 18.2 Å². The zero-order valence-electron chi connectivity index (χ0n) is 10.7. The predicted molar refractivity (Wildman–Crippen MR) is 75.5 cm³/mol. The van der Waals surface area contributed by atoms with Crippen LogP contribution in [-0.4, -0.2) is 9.49 Å². The molecule has 1 heterocycles. The minimum absolute atomic E-state index is 0.0320. The molecule has 2 N–H and O–H groups in total. The van der Waals surface area contributed by atoms with E-state index in [1.165, 1.54) is 12.1 Å². The third kappa shape index (κ3) is 2.05. The molecule has 1 saturated carbocycles. The van der Waals surface area contributed by atoms with E-state index in [0.717, 1.165) is 24.1 Å². The molecular weight excluding hydrogens is 258 g/mol. The number of non-ortho nitro benzene ring substituents is 1. The summed E-state index contributed by atoms with van der Waals surface area (Å²) in [5.41, 5.74) is 7.27. The fourth-order valence-electron chi connectivity index (χ4n) is 2.25. The van der Waals surface area contributed by atoms with Crippen molar-refractivity contribution in [2.45, 2.75) is 18.9 Å². The highest BCUT2D eigenvalue weighted by atomic mass is 16.6. The van der Waals surface area contributed by atoms with Crippen LogP contribution in [0.1, 0.15) is 18.9 Å². The SMILES string of the molecule is Nc1ccc(-c2ccc([N+](=O)[O-])cc2)n(C2CC2)c1=O. The molecule has 6 nitrogen and oxygen atoms in total. The molecule has 0 saturated heterocycles. The van der Waals surface area contributed by atoms with Gasteiger partial charge >= 0.3 is 0 Å². The number of hydrogen-bond acceptors (Lipinski definition) is 4. The summed E-state index contributed by atoms with van der Waals surface area (Å²) in [5, 5.41) is 10.7. The van der Waals surface area contributed by atoms with Gasteiger partial charge < -0.3 is 10.3 Å². The Labute approximate surface area is 114 Å². The van der Waals surface area contributed by atoms with Gasteiger partial charge in [-0.25, -0.2) is 0 Å². The van der Waals surface area contributed by atoms with Crippen LogP contribution in [0.2, 0.25) is 0 Å². The van der Waals surface area contributed by atoms with Gasteiger partial charge in [-0.15, -0.1) is 0 Å². The minimum atomic E-state index is -0.444. The summed E-state index contributed by atoms with van der Waals surface area (Å²) in [4.78, 5) is 22.4. The summed E-state index contributed by atoms with van der Waals surface area (Å²) < 4.78 is 1.69. The molecule has 102 valence electrons. The second kappa shape index (κ2) is 4.48. The second-order valence-corrected chi connectivity index (χ2v) is 4.88. The molecule has 0 radical (unpaired) electrons. The van der Waals surface area contributed by atoms with E-state index in [1.54, 1.807) is 28.8 Å². The summed E-state index contributed by atoms with van der Waals surface area (Å²) in [7, 11) is 0. The Morgan fingerprint density at radius 2 is 1.80 bits per heavy atom. The zero-order chi connectivity index (χ0) is 14.3. The van der Waals surface area contributed by atoms with Crippen molar-refractivity contribution in [3.05, 3.63) is 56.9 Å². The number of nitrogens with two attached hydrogens (primary N) is 1. The zero-order valence-corrected chi connectivity index (χ0v) is 10.7. The first-order valence-corrected chi connectivity index (χ1v) is 6.34. The van der Waals surface area contributed by atoms with Crippen LogP contribution < -0.4 is 11.3 Å². The van der Waals surface area contributed by atoms with Crippen molar-refractivity contribution in [3.8, 4) is 11.3 Å². The average molecular weight is 271 g/mol. The van der Waals surface area contributed by atoms with E-state index in [4.69, 9.17) is 5.73 Å². The van der Waals surface area contributed by atoms with Crippen LogP contribution in [0.25, 0.3) is 11.3 Å². The monoisotopic (exact) mass is 271 g/mol. The Hall–Kier alpha value is -2.63. The largest absolute Gasteiger partial charge is 0.394 e. The maximum absolute atomic E-state index is 12.1. The van der Waals surface area contributed by atoms with Crippen molar-refractivity contribution >= 4 is 11.4 Å². The Balaban J connectivity index is 2.12. The van der Waals surface area contributed by atoms with Gasteiger partial charge in [-0.1, -0.05) is 0 Å². The molecule has 0 aliphatic heterocycles. The maximum atomic E-state index is 12.1. The van der Waals surface area contributed by atoms with Gasteiger partial charge in [0.25, 0.3) is 11.2 Å². The Kier molecular flexibility index (Phi) is 2.78. The van der Waals surface area contributed by atoms with E-state index < -0.39 is 4.92 Å². The Morgan fingerprint density at radius 1 is 1.15 bits per heavy atom. The summed E-state index contributed by atoms with van der Waals surface area (Å²) >= 11 is 0. The van der Waals surface area contributed by atoms with E-state index >= 15 is 0 Å². The lowest BCUT2D eigenvalue weighted by Crippen LogP contribution is -2.23. The van der Waals surface area contributed by atoms with E-state index in [9.17, 15) is 14.9 Å². The number of pyridine rings is 1. The minimum Gasteiger partial charge on any atom is -0.394 e. The van der Waals surface area contributed by atoms with Crippen molar-refractivity contribution in [2.75, 3.05) is 5.73 Å². The summed E-state index contributed by atoms with van der Waals surface area (Å²) in [5.74, 6) is 0. The molecule has 1 aromatic heterocycles. The quantitative estimate of drug-likeness (QED) is 0.685. The molecule has 0 spiro atoms. The Bertz CT molecular complexity index is 730. The van der Waals surface area contributed by atoms with Gasteiger partial charge in [0.05, 0.1) is 16.3 Å². The van der Waals surface area contributed by atoms with Gasteiger partial charge in [0.15, 0.2) is 0 Å². The number of nitrogen functional groups attached to an aromatic ring is 1. The highest BCUT2D eigenvalue weighted by Gasteiger charge is 2.27. The summed E-state index contributed by atoms with van der Waals surface area (Å²) in [6.07, 6.45) is 1.92. The molecular formula is C14H13N3O3. The predicted octanol–water partition coefficient (Wildman–Crippen LogP) is 2.34. The first-order chi connectivity index (χ1) is 9.58. The van der Waals surface area contributed by atoms with Crippen LogP contribution in [0, 0.1) is 10.1 Å². The summed E-state index contributed by atoms with van der Waals surface area (Å²) in [6.45, 7) is 0. The number of nitro groups is 1. The smallest absolute Gasteiger partial charge is 0.274 e. The topological polar surface area (TPSA) is 91.2 Å². The molecule has 0 bridgehead atoms. The van der Waals surface area contributed by atoms with Crippen LogP contribution in [0.15, 0.2) is 41.2 Å². The fourth-order valence-corrected chi connectivity index (χ4v) is 2.25. The van der Waals surface area contributed by atoms with E-state index in [1.807, 2.05) is 0 Å². The maximum Gasteiger partial charge on any atom is 0.274 e. The molecule has 20 heavy (non-hydrogen) atoms. The van der Waals surface area contributed by atoms with Crippen molar-refractivity contribution in [1.29, 1.82) is 0 Å². The van der Waals surface area contributed by atoms with Crippen molar-refractivity contribution in [1.82, 2.24) is 4.57 Å².